The zero-order valence-corrected chi connectivity index (χ0v) is 9.66. The van der Waals surface area contributed by atoms with Gasteiger partial charge in [-0.15, -0.1) is 0 Å². The van der Waals surface area contributed by atoms with Gasteiger partial charge >= 0.3 is 0 Å². The molecule has 0 aromatic carbocycles. The van der Waals surface area contributed by atoms with Crippen molar-refractivity contribution in [2.24, 2.45) is 17.6 Å². The lowest BCUT2D eigenvalue weighted by molar-refractivity contribution is 0.216. The van der Waals surface area contributed by atoms with E-state index in [1.54, 1.807) is 0 Å². The largest absolute Gasteiger partial charge is 0.330 e. The van der Waals surface area contributed by atoms with Gasteiger partial charge in [-0.05, 0) is 24.9 Å². The zero-order valence-electron chi connectivity index (χ0n) is 9.66. The smallest absolute Gasteiger partial charge is 0.0635 e. The van der Waals surface area contributed by atoms with Crippen LogP contribution >= 0.6 is 0 Å². The molecule has 0 amide bonds. The molecule has 3 nitrogen and oxygen atoms in total. The molecular formula is C11H23N3. The summed E-state index contributed by atoms with van der Waals surface area (Å²) in [6.07, 6.45) is 0.614. The van der Waals surface area contributed by atoms with Crippen LogP contribution < -0.4 is 5.73 Å². The van der Waals surface area contributed by atoms with Crippen LogP contribution in [0.25, 0.3) is 0 Å². The Kier molecular flexibility index (Phi) is 7.45. The molecule has 0 saturated carbocycles. The molecule has 14 heavy (non-hydrogen) atoms. The third-order valence-corrected chi connectivity index (χ3v) is 2.73. The van der Waals surface area contributed by atoms with Crippen molar-refractivity contribution >= 4 is 0 Å². The van der Waals surface area contributed by atoms with Crippen LogP contribution in [-0.4, -0.2) is 31.1 Å². The van der Waals surface area contributed by atoms with Gasteiger partial charge < -0.3 is 10.6 Å². The van der Waals surface area contributed by atoms with Crippen molar-refractivity contribution < 1.29 is 0 Å². The minimum absolute atomic E-state index is 0.550. The highest BCUT2D eigenvalue weighted by atomic mass is 15.1. The summed E-state index contributed by atoms with van der Waals surface area (Å²) in [4.78, 5) is 2.31. The fourth-order valence-electron chi connectivity index (χ4n) is 1.48. The molecule has 0 fully saturated rings. The first kappa shape index (κ1) is 13.4. The molecule has 0 rings (SSSR count). The minimum Gasteiger partial charge on any atom is -0.330 e. The van der Waals surface area contributed by atoms with E-state index in [2.05, 4.69) is 31.7 Å². The van der Waals surface area contributed by atoms with E-state index in [-0.39, 0.29) is 0 Å². The van der Waals surface area contributed by atoms with Gasteiger partial charge in [-0.1, -0.05) is 20.8 Å². The molecule has 0 aliphatic heterocycles. The Morgan fingerprint density at radius 3 is 2.43 bits per heavy atom. The molecule has 0 radical (unpaired) electrons. The lowest BCUT2D eigenvalue weighted by atomic mass is 9.95. The Morgan fingerprint density at radius 2 is 2.07 bits per heavy atom. The maximum absolute atomic E-state index is 8.51. The first-order chi connectivity index (χ1) is 6.65. The molecule has 0 aliphatic rings. The van der Waals surface area contributed by atoms with Gasteiger partial charge in [0.05, 0.1) is 6.07 Å². The summed E-state index contributed by atoms with van der Waals surface area (Å²) in [5.74, 6) is 1.17. The highest BCUT2D eigenvalue weighted by molar-refractivity contribution is 4.74. The molecule has 1 atom stereocenters. The van der Waals surface area contributed by atoms with Crippen LogP contribution in [0, 0.1) is 23.2 Å². The monoisotopic (exact) mass is 197 g/mol. The zero-order chi connectivity index (χ0) is 11.0. The van der Waals surface area contributed by atoms with Crippen molar-refractivity contribution in [3.63, 3.8) is 0 Å². The lowest BCUT2D eigenvalue weighted by Gasteiger charge is -2.27. The number of nitriles is 1. The predicted octanol–water partition coefficient (Wildman–Crippen LogP) is 1.45. The summed E-state index contributed by atoms with van der Waals surface area (Å²) in [6, 6.07) is 2.18. The summed E-state index contributed by atoms with van der Waals surface area (Å²) in [6.45, 7) is 10.2. The van der Waals surface area contributed by atoms with Gasteiger partial charge in [0.15, 0.2) is 0 Å². The second-order valence-corrected chi connectivity index (χ2v) is 4.04. The topological polar surface area (TPSA) is 53.0 Å². The number of rotatable bonds is 7. The molecule has 1 unspecified atom stereocenters. The molecule has 3 heteroatoms. The Hall–Kier alpha value is -0.590. The van der Waals surface area contributed by atoms with Gasteiger partial charge in [-0.25, -0.2) is 0 Å². The minimum atomic E-state index is 0.550. The van der Waals surface area contributed by atoms with Gasteiger partial charge in [0.2, 0.25) is 0 Å². The third-order valence-electron chi connectivity index (χ3n) is 2.73. The van der Waals surface area contributed by atoms with E-state index < -0.39 is 0 Å². The van der Waals surface area contributed by atoms with Crippen molar-refractivity contribution in [3.8, 4) is 6.07 Å². The first-order valence-electron chi connectivity index (χ1n) is 5.45. The van der Waals surface area contributed by atoms with Crippen molar-refractivity contribution in [3.05, 3.63) is 0 Å². The van der Waals surface area contributed by atoms with Crippen molar-refractivity contribution in [1.82, 2.24) is 4.90 Å². The average molecular weight is 197 g/mol. The van der Waals surface area contributed by atoms with Crippen LogP contribution in [0.1, 0.15) is 27.2 Å². The number of nitrogens with two attached hydrogens (primary N) is 1. The van der Waals surface area contributed by atoms with E-state index in [1.165, 1.54) is 0 Å². The predicted molar refractivity (Wildman–Crippen MR) is 59.7 cm³/mol. The highest BCUT2D eigenvalue weighted by Gasteiger charge is 2.14. The summed E-state index contributed by atoms with van der Waals surface area (Å²) in [5.41, 5.74) is 5.71. The van der Waals surface area contributed by atoms with Crippen LogP contribution in [-0.2, 0) is 0 Å². The SMILES string of the molecule is CCN(CCC#N)CC(CN)C(C)C. The van der Waals surface area contributed by atoms with Crippen LogP contribution in [0.5, 0.6) is 0 Å². The summed E-state index contributed by atoms with van der Waals surface area (Å²) in [5, 5.41) is 8.51. The van der Waals surface area contributed by atoms with Crippen LogP contribution in [0.2, 0.25) is 0 Å². The van der Waals surface area contributed by atoms with Crippen LogP contribution in [0.4, 0.5) is 0 Å². The van der Waals surface area contributed by atoms with Crippen molar-refractivity contribution in [2.75, 3.05) is 26.2 Å². The van der Waals surface area contributed by atoms with E-state index in [0.717, 1.165) is 26.2 Å². The Bertz CT molecular complexity index is 172. The van der Waals surface area contributed by atoms with Crippen molar-refractivity contribution in [2.45, 2.75) is 27.2 Å². The maximum Gasteiger partial charge on any atom is 0.0635 e. The van der Waals surface area contributed by atoms with E-state index in [0.29, 0.717) is 18.3 Å². The highest BCUT2D eigenvalue weighted by Crippen LogP contribution is 2.11. The van der Waals surface area contributed by atoms with Gasteiger partial charge in [-0.3, -0.25) is 0 Å². The summed E-state index contributed by atoms with van der Waals surface area (Å²) in [7, 11) is 0. The number of hydrogen-bond donors (Lipinski definition) is 1. The second kappa shape index (κ2) is 7.78. The third kappa shape index (κ3) is 5.21. The van der Waals surface area contributed by atoms with Gasteiger partial charge in [0.1, 0.15) is 0 Å². The molecule has 0 aromatic heterocycles. The normalized spacial score (nSPS) is 13.2. The molecule has 0 saturated heterocycles. The molecule has 0 aliphatic carbocycles. The molecule has 0 bridgehead atoms. The molecule has 0 spiro atoms. The Balaban J connectivity index is 3.95. The number of nitrogens with zero attached hydrogens (tertiary/aromatic N) is 2. The molecule has 0 heterocycles. The van der Waals surface area contributed by atoms with Gasteiger partial charge in [0.25, 0.3) is 0 Å². The fourth-order valence-corrected chi connectivity index (χ4v) is 1.48. The fraction of sp³-hybridized carbons (Fsp3) is 0.909. The lowest BCUT2D eigenvalue weighted by Crippen LogP contribution is -2.36. The average Bonchev–Trinajstić information content (AvgIpc) is 2.18. The summed E-state index contributed by atoms with van der Waals surface area (Å²) >= 11 is 0. The Morgan fingerprint density at radius 1 is 1.43 bits per heavy atom. The standard InChI is InChI=1S/C11H23N3/c1-4-14(7-5-6-12)9-11(8-13)10(2)3/h10-11H,4-5,7-9,13H2,1-3H3. The van der Waals surface area contributed by atoms with Crippen molar-refractivity contribution in [1.29, 1.82) is 5.26 Å². The maximum atomic E-state index is 8.51. The van der Waals surface area contributed by atoms with E-state index in [4.69, 9.17) is 11.0 Å². The van der Waals surface area contributed by atoms with Crippen LogP contribution in [0.3, 0.4) is 0 Å². The molecule has 82 valence electrons. The Labute approximate surface area is 87.9 Å². The molecule has 2 N–H and O–H groups in total. The van der Waals surface area contributed by atoms with Gasteiger partial charge in [-0.2, -0.15) is 5.26 Å². The molecule has 0 aromatic rings. The molecular weight excluding hydrogens is 174 g/mol. The van der Waals surface area contributed by atoms with E-state index in [9.17, 15) is 0 Å². The first-order valence-corrected chi connectivity index (χ1v) is 5.45. The van der Waals surface area contributed by atoms with Gasteiger partial charge in [0, 0.05) is 19.5 Å². The van der Waals surface area contributed by atoms with E-state index in [1.807, 2.05) is 0 Å². The summed E-state index contributed by atoms with van der Waals surface area (Å²) < 4.78 is 0. The number of hydrogen-bond acceptors (Lipinski definition) is 3. The van der Waals surface area contributed by atoms with E-state index >= 15 is 0 Å². The quantitative estimate of drug-likeness (QED) is 0.672. The second-order valence-electron chi connectivity index (χ2n) is 4.04. The van der Waals surface area contributed by atoms with Crippen LogP contribution in [0.15, 0.2) is 0 Å².